The minimum Gasteiger partial charge on any atom is -0.370 e. The van der Waals surface area contributed by atoms with Gasteiger partial charge in [-0.3, -0.25) is 4.79 Å². The van der Waals surface area contributed by atoms with E-state index in [0.717, 1.165) is 11.1 Å². The summed E-state index contributed by atoms with van der Waals surface area (Å²) >= 11 is 0. The number of hydrogen-bond acceptors (Lipinski definition) is 3. The van der Waals surface area contributed by atoms with E-state index in [9.17, 15) is 4.79 Å². The summed E-state index contributed by atoms with van der Waals surface area (Å²) in [5.74, 6) is 0.403. The summed E-state index contributed by atoms with van der Waals surface area (Å²) in [5, 5.41) is 0. The van der Waals surface area contributed by atoms with Crippen molar-refractivity contribution in [3.05, 3.63) is 48.3 Å². The van der Waals surface area contributed by atoms with Gasteiger partial charge in [0.05, 0.1) is 0 Å². The molecule has 2 N–H and O–H groups in total. The minimum absolute atomic E-state index is 0.286. The van der Waals surface area contributed by atoms with Crippen LogP contribution in [0.2, 0.25) is 0 Å². The molecule has 1 aromatic heterocycles. The van der Waals surface area contributed by atoms with Gasteiger partial charge >= 0.3 is 0 Å². The highest BCUT2D eigenvalue weighted by atomic mass is 16.1. The van der Waals surface area contributed by atoms with Crippen LogP contribution in [0, 0.1) is 0 Å². The van der Waals surface area contributed by atoms with Crippen molar-refractivity contribution in [3.63, 3.8) is 0 Å². The van der Waals surface area contributed by atoms with E-state index in [1.165, 1.54) is 0 Å². The van der Waals surface area contributed by atoms with Crippen molar-refractivity contribution in [1.82, 2.24) is 9.97 Å². The Morgan fingerprint density at radius 3 is 2.65 bits per heavy atom. The maximum Gasteiger partial charge on any atom is 0.217 e. The summed E-state index contributed by atoms with van der Waals surface area (Å²) in [7, 11) is 0. The lowest BCUT2D eigenvalue weighted by molar-refractivity contribution is -0.117. The number of rotatable bonds is 4. The standard InChI is InChI=1S/C13H13N3O/c14-12(17)6-5-10-3-1-4-11(9-10)13-15-7-2-8-16-13/h1-4,7-9H,5-6H2,(H2,14,17). The highest BCUT2D eigenvalue weighted by Gasteiger charge is 2.02. The number of aryl methyl sites for hydroxylation is 1. The van der Waals surface area contributed by atoms with Gasteiger partial charge in [-0.2, -0.15) is 0 Å². The van der Waals surface area contributed by atoms with Crippen LogP contribution in [0.25, 0.3) is 11.4 Å². The summed E-state index contributed by atoms with van der Waals surface area (Å²) in [6.45, 7) is 0. The number of carbonyl (C=O) groups is 1. The van der Waals surface area contributed by atoms with Crippen molar-refractivity contribution < 1.29 is 4.79 Å². The lowest BCUT2D eigenvalue weighted by atomic mass is 10.1. The second-order valence-corrected chi connectivity index (χ2v) is 3.74. The van der Waals surface area contributed by atoms with Gasteiger partial charge in [0.1, 0.15) is 0 Å². The minimum atomic E-state index is -0.286. The largest absolute Gasteiger partial charge is 0.370 e. The predicted molar refractivity (Wildman–Crippen MR) is 65.0 cm³/mol. The van der Waals surface area contributed by atoms with E-state index in [-0.39, 0.29) is 5.91 Å². The van der Waals surface area contributed by atoms with Gasteiger partial charge in [-0.05, 0) is 24.1 Å². The fourth-order valence-corrected chi connectivity index (χ4v) is 1.58. The highest BCUT2D eigenvalue weighted by molar-refractivity contribution is 5.74. The van der Waals surface area contributed by atoms with Crippen LogP contribution in [0.1, 0.15) is 12.0 Å². The van der Waals surface area contributed by atoms with E-state index in [0.29, 0.717) is 18.7 Å². The van der Waals surface area contributed by atoms with Crippen molar-refractivity contribution in [3.8, 4) is 11.4 Å². The molecule has 0 atom stereocenters. The van der Waals surface area contributed by atoms with Crippen LogP contribution in [-0.2, 0) is 11.2 Å². The first-order chi connectivity index (χ1) is 8.25. The molecule has 0 aliphatic rings. The molecule has 1 aromatic carbocycles. The first-order valence-corrected chi connectivity index (χ1v) is 5.40. The molecule has 0 aliphatic heterocycles. The summed E-state index contributed by atoms with van der Waals surface area (Å²) in [6, 6.07) is 9.61. The van der Waals surface area contributed by atoms with E-state index in [2.05, 4.69) is 9.97 Å². The van der Waals surface area contributed by atoms with Crippen LogP contribution in [-0.4, -0.2) is 15.9 Å². The molecule has 1 amide bonds. The zero-order valence-corrected chi connectivity index (χ0v) is 9.34. The van der Waals surface area contributed by atoms with Crippen molar-refractivity contribution in [2.24, 2.45) is 5.73 Å². The summed E-state index contributed by atoms with van der Waals surface area (Å²) in [4.78, 5) is 19.1. The van der Waals surface area contributed by atoms with Gasteiger partial charge in [-0.25, -0.2) is 9.97 Å². The van der Waals surface area contributed by atoms with E-state index >= 15 is 0 Å². The number of aromatic nitrogens is 2. The van der Waals surface area contributed by atoms with Gasteiger partial charge in [0.2, 0.25) is 5.91 Å². The zero-order valence-electron chi connectivity index (χ0n) is 9.34. The fraction of sp³-hybridized carbons (Fsp3) is 0.154. The maximum absolute atomic E-state index is 10.7. The van der Waals surface area contributed by atoms with Crippen LogP contribution in [0.15, 0.2) is 42.7 Å². The molecule has 86 valence electrons. The molecule has 1 heterocycles. The monoisotopic (exact) mass is 227 g/mol. The molecule has 0 fully saturated rings. The van der Waals surface area contributed by atoms with E-state index < -0.39 is 0 Å². The third kappa shape index (κ3) is 3.11. The second-order valence-electron chi connectivity index (χ2n) is 3.74. The molecule has 0 unspecified atom stereocenters. The van der Waals surface area contributed by atoms with Crippen molar-refractivity contribution in [2.75, 3.05) is 0 Å². The average molecular weight is 227 g/mol. The Kier molecular flexibility index (Phi) is 3.45. The van der Waals surface area contributed by atoms with Gasteiger partial charge in [0, 0.05) is 24.4 Å². The van der Waals surface area contributed by atoms with E-state index in [1.54, 1.807) is 18.5 Å². The van der Waals surface area contributed by atoms with Crippen molar-refractivity contribution in [1.29, 1.82) is 0 Å². The molecule has 0 saturated heterocycles. The van der Waals surface area contributed by atoms with E-state index in [1.807, 2.05) is 24.3 Å². The average Bonchev–Trinajstić information content (AvgIpc) is 2.38. The SMILES string of the molecule is NC(=O)CCc1cccc(-c2ncccn2)c1. The quantitative estimate of drug-likeness (QED) is 0.861. The second kappa shape index (κ2) is 5.21. The fourth-order valence-electron chi connectivity index (χ4n) is 1.58. The number of carbonyl (C=O) groups excluding carboxylic acids is 1. The highest BCUT2D eigenvalue weighted by Crippen LogP contribution is 2.16. The van der Waals surface area contributed by atoms with Crippen LogP contribution < -0.4 is 5.73 Å². The molecule has 0 aliphatic carbocycles. The molecule has 2 rings (SSSR count). The number of nitrogens with two attached hydrogens (primary N) is 1. The molecular weight excluding hydrogens is 214 g/mol. The van der Waals surface area contributed by atoms with E-state index in [4.69, 9.17) is 5.73 Å². The molecule has 17 heavy (non-hydrogen) atoms. The van der Waals surface area contributed by atoms with Gasteiger partial charge in [-0.15, -0.1) is 0 Å². The molecule has 2 aromatic rings. The first-order valence-electron chi connectivity index (χ1n) is 5.40. The number of hydrogen-bond donors (Lipinski definition) is 1. The third-order valence-electron chi connectivity index (χ3n) is 2.41. The number of nitrogens with zero attached hydrogens (tertiary/aromatic N) is 2. The molecule has 0 spiro atoms. The van der Waals surface area contributed by atoms with Gasteiger partial charge in [-0.1, -0.05) is 18.2 Å². The zero-order chi connectivity index (χ0) is 12.1. The molecule has 0 radical (unpaired) electrons. The Bertz CT molecular complexity index is 511. The topological polar surface area (TPSA) is 68.9 Å². The first kappa shape index (κ1) is 11.3. The molecular formula is C13H13N3O. The summed E-state index contributed by atoms with van der Waals surface area (Å²) < 4.78 is 0. The van der Waals surface area contributed by atoms with Crippen molar-refractivity contribution in [2.45, 2.75) is 12.8 Å². The third-order valence-corrected chi connectivity index (χ3v) is 2.41. The van der Waals surface area contributed by atoms with Gasteiger partial charge in [0.15, 0.2) is 5.82 Å². The van der Waals surface area contributed by atoms with Gasteiger partial charge < -0.3 is 5.73 Å². The molecule has 0 saturated carbocycles. The number of primary amides is 1. The number of amides is 1. The Hall–Kier alpha value is -2.23. The Labute approximate surface area is 99.5 Å². The molecule has 4 nitrogen and oxygen atoms in total. The summed E-state index contributed by atoms with van der Waals surface area (Å²) in [5.41, 5.74) is 7.14. The maximum atomic E-state index is 10.7. The van der Waals surface area contributed by atoms with Crippen LogP contribution >= 0.6 is 0 Å². The van der Waals surface area contributed by atoms with Crippen LogP contribution in [0.3, 0.4) is 0 Å². The van der Waals surface area contributed by atoms with Crippen molar-refractivity contribution >= 4 is 5.91 Å². The van der Waals surface area contributed by atoms with Crippen LogP contribution in [0.4, 0.5) is 0 Å². The smallest absolute Gasteiger partial charge is 0.217 e. The number of benzene rings is 1. The van der Waals surface area contributed by atoms with Crippen LogP contribution in [0.5, 0.6) is 0 Å². The Balaban J connectivity index is 2.20. The lowest BCUT2D eigenvalue weighted by Gasteiger charge is -2.03. The van der Waals surface area contributed by atoms with Gasteiger partial charge in [0.25, 0.3) is 0 Å². The molecule has 0 bridgehead atoms. The predicted octanol–water partition coefficient (Wildman–Crippen LogP) is 1.56. The Morgan fingerprint density at radius 1 is 1.18 bits per heavy atom. The normalized spacial score (nSPS) is 10.1. The Morgan fingerprint density at radius 2 is 1.94 bits per heavy atom. The molecule has 4 heteroatoms. The summed E-state index contributed by atoms with van der Waals surface area (Å²) in [6.07, 6.45) is 4.42. The lowest BCUT2D eigenvalue weighted by Crippen LogP contribution is -2.11.